The maximum absolute atomic E-state index is 13.7. The van der Waals surface area contributed by atoms with E-state index in [4.69, 9.17) is 0 Å². The van der Waals surface area contributed by atoms with Gasteiger partial charge in [0.25, 0.3) is 0 Å². The first-order chi connectivity index (χ1) is 12.4. The van der Waals surface area contributed by atoms with Gasteiger partial charge < -0.3 is 10.4 Å². The number of anilines is 1. The zero-order valence-corrected chi connectivity index (χ0v) is 15.4. The average Bonchev–Trinajstić information content (AvgIpc) is 2.99. The van der Waals surface area contributed by atoms with Gasteiger partial charge in [0.2, 0.25) is 10.0 Å². The van der Waals surface area contributed by atoms with Crippen LogP contribution in [0.25, 0.3) is 0 Å². The van der Waals surface area contributed by atoms with Crippen LogP contribution in [0.2, 0.25) is 0 Å². The fourth-order valence-electron chi connectivity index (χ4n) is 3.12. The molecule has 0 bridgehead atoms. The number of benzene rings is 2. The smallest absolute Gasteiger partial charge is 0.235 e. The normalized spacial score (nSPS) is 18.7. The minimum Gasteiger partial charge on any atom is -0.387 e. The molecule has 0 aliphatic carbocycles. The van der Waals surface area contributed by atoms with Gasteiger partial charge in [0, 0.05) is 24.7 Å². The first kappa shape index (κ1) is 18.8. The van der Waals surface area contributed by atoms with Gasteiger partial charge in [0.05, 0.1) is 17.5 Å². The Morgan fingerprint density at radius 2 is 1.88 bits per heavy atom. The first-order valence-electron chi connectivity index (χ1n) is 8.65. The van der Waals surface area contributed by atoms with E-state index < -0.39 is 21.9 Å². The summed E-state index contributed by atoms with van der Waals surface area (Å²) in [6, 6.07) is 13.4. The standard InChI is InChI=1S/C19H23FN2O3S/c1-14(21-13-19(23)17-5-2-3-6-18(17)20)15-7-9-16(10-8-15)22-11-4-12-26(22,24)25/h2-3,5-10,14,19,21,23H,4,11-13H2,1H3/t14?,19-/m0/s1. The second kappa shape index (κ2) is 7.73. The maximum atomic E-state index is 13.7. The highest BCUT2D eigenvalue weighted by atomic mass is 32.2. The van der Waals surface area contributed by atoms with Crippen LogP contribution in [0.1, 0.15) is 36.6 Å². The van der Waals surface area contributed by atoms with Gasteiger partial charge in [0.15, 0.2) is 0 Å². The van der Waals surface area contributed by atoms with Gasteiger partial charge in [-0.25, -0.2) is 12.8 Å². The SMILES string of the molecule is CC(NC[C@H](O)c1ccccc1F)c1ccc(N2CCCS2(=O)=O)cc1. The van der Waals surface area contributed by atoms with Gasteiger partial charge in [0.1, 0.15) is 5.82 Å². The summed E-state index contributed by atoms with van der Waals surface area (Å²) in [4.78, 5) is 0. The van der Waals surface area contributed by atoms with Crippen LogP contribution in [-0.4, -0.2) is 32.4 Å². The molecule has 140 valence electrons. The summed E-state index contributed by atoms with van der Waals surface area (Å²) in [7, 11) is -3.18. The highest BCUT2D eigenvalue weighted by Gasteiger charge is 2.28. The molecule has 3 rings (SSSR count). The summed E-state index contributed by atoms with van der Waals surface area (Å²) in [5, 5.41) is 13.3. The van der Waals surface area contributed by atoms with Crippen molar-refractivity contribution >= 4 is 15.7 Å². The van der Waals surface area contributed by atoms with Crippen LogP contribution in [0.15, 0.2) is 48.5 Å². The number of hydrogen-bond acceptors (Lipinski definition) is 4. The lowest BCUT2D eigenvalue weighted by Crippen LogP contribution is -2.26. The third-order valence-corrected chi connectivity index (χ3v) is 6.53. The van der Waals surface area contributed by atoms with E-state index in [-0.39, 0.29) is 23.9 Å². The van der Waals surface area contributed by atoms with E-state index in [0.717, 1.165) is 5.56 Å². The minimum atomic E-state index is -3.18. The van der Waals surface area contributed by atoms with Crippen LogP contribution in [0.5, 0.6) is 0 Å². The predicted octanol–water partition coefficient (Wildman–Crippen LogP) is 2.75. The quantitative estimate of drug-likeness (QED) is 0.811. The highest BCUT2D eigenvalue weighted by molar-refractivity contribution is 7.93. The van der Waals surface area contributed by atoms with Crippen molar-refractivity contribution in [1.82, 2.24) is 5.32 Å². The molecule has 0 amide bonds. The number of rotatable bonds is 6. The Bertz CT molecular complexity index is 855. The van der Waals surface area contributed by atoms with E-state index in [2.05, 4.69) is 5.32 Å². The molecule has 2 atom stereocenters. The van der Waals surface area contributed by atoms with E-state index in [0.29, 0.717) is 18.7 Å². The largest absolute Gasteiger partial charge is 0.387 e. The maximum Gasteiger partial charge on any atom is 0.235 e. The van der Waals surface area contributed by atoms with Crippen molar-refractivity contribution in [3.8, 4) is 0 Å². The summed E-state index contributed by atoms with van der Waals surface area (Å²) >= 11 is 0. The molecule has 5 nitrogen and oxygen atoms in total. The Morgan fingerprint density at radius 1 is 1.19 bits per heavy atom. The molecule has 1 saturated heterocycles. The van der Waals surface area contributed by atoms with E-state index in [1.807, 2.05) is 19.1 Å². The molecule has 2 aromatic carbocycles. The molecule has 0 radical (unpaired) electrons. The topological polar surface area (TPSA) is 69.6 Å². The lowest BCUT2D eigenvalue weighted by atomic mass is 10.1. The molecule has 0 spiro atoms. The molecule has 1 unspecified atom stereocenters. The first-order valence-corrected chi connectivity index (χ1v) is 10.3. The van der Waals surface area contributed by atoms with Gasteiger partial charge >= 0.3 is 0 Å². The molecule has 2 aromatic rings. The van der Waals surface area contributed by atoms with Gasteiger partial charge in [-0.05, 0) is 37.1 Å². The number of nitrogens with zero attached hydrogens (tertiary/aromatic N) is 1. The van der Waals surface area contributed by atoms with Crippen molar-refractivity contribution in [1.29, 1.82) is 0 Å². The number of aliphatic hydroxyl groups is 1. The molecule has 26 heavy (non-hydrogen) atoms. The van der Waals surface area contributed by atoms with Crippen LogP contribution in [0.3, 0.4) is 0 Å². The Hall–Kier alpha value is -1.96. The molecular weight excluding hydrogens is 355 g/mol. The van der Waals surface area contributed by atoms with Crippen molar-refractivity contribution in [2.45, 2.75) is 25.5 Å². The number of sulfonamides is 1. The Labute approximate surface area is 153 Å². The highest BCUT2D eigenvalue weighted by Crippen LogP contribution is 2.26. The number of nitrogens with one attached hydrogen (secondary N) is 1. The molecule has 2 N–H and O–H groups in total. The number of aliphatic hydroxyl groups excluding tert-OH is 1. The second-order valence-corrected chi connectivity index (χ2v) is 8.51. The molecular formula is C19H23FN2O3S. The van der Waals surface area contributed by atoms with Crippen LogP contribution < -0.4 is 9.62 Å². The molecule has 1 aliphatic rings. The summed E-state index contributed by atoms with van der Waals surface area (Å²) in [5.74, 6) is -0.230. The van der Waals surface area contributed by atoms with Crippen molar-refractivity contribution in [3.63, 3.8) is 0 Å². The van der Waals surface area contributed by atoms with Crippen molar-refractivity contribution in [2.24, 2.45) is 0 Å². The van der Waals surface area contributed by atoms with E-state index >= 15 is 0 Å². The monoisotopic (exact) mass is 378 g/mol. The summed E-state index contributed by atoms with van der Waals surface area (Å²) in [6.07, 6.45) is -0.289. The Morgan fingerprint density at radius 3 is 2.50 bits per heavy atom. The zero-order chi connectivity index (χ0) is 18.7. The second-order valence-electron chi connectivity index (χ2n) is 6.50. The lowest BCUT2D eigenvalue weighted by molar-refractivity contribution is 0.166. The zero-order valence-electron chi connectivity index (χ0n) is 14.6. The fourth-order valence-corrected chi connectivity index (χ4v) is 4.68. The van der Waals surface area contributed by atoms with Crippen LogP contribution in [-0.2, 0) is 10.0 Å². The Balaban J connectivity index is 1.62. The molecule has 1 heterocycles. The van der Waals surface area contributed by atoms with E-state index in [1.165, 1.54) is 10.4 Å². The van der Waals surface area contributed by atoms with Crippen LogP contribution in [0, 0.1) is 5.82 Å². The van der Waals surface area contributed by atoms with E-state index in [1.54, 1.807) is 30.3 Å². The molecule has 1 fully saturated rings. The summed E-state index contributed by atoms with van der Waals surface area (Å²) < 4.78 is 39.1. The van der Waals surface area contributed by atoms with Crippen LogP contribution >= 0.6 is 0 Å². The minimum absolute atomic E-state index is 0.0688. The van der Waals surface area contributed by atoms with E-state index in [9.17, 15) is 17.9 Å². The third kappa shape index (κ3) is 4.06. The number of hydrogen-bond donors (Lipinski definition) is 2. The van der Waals surface area contributed by atoms with Crippen molar-refractivity contribution in [3.05, 3.63) is 65.5 Å². The molecule has 0 saturated carbocycles. The Kier molecular flexibility index (Phi) is 5.60. The summed E-state index contributed by atoms with van der Waals surface area (Å²) in [6.45, 7) is 2.67. The third-order valence-electron chi connectivity index (χ3n) is 4.66. The molecule has 1 aliphatic heterocycles. The van der Waals surface area contributed by atoms with Gasteiger partial charge in [-0.2, -0.15) is 0 Å². The molecule has 7 heteroatoms. The van der Waals surface area contributed by atoms with Gasteiger partial charge in [-0.3, -0.25) is 4.31 Å². The van der Waals surface area contributed by atoms with Crippen molar-refractivity contribution in [2.75, 3.05) is 23.1 Å². The number of halogens is 1. The lowest BCUT2D eigenvalue weighted by Gasteiger charge is -2.20. The van der Waals surface area contributed by atoms with Gasteiger partial charge in [-0.1, -0.05) is 30.3 Å². The van der Waals surface area contributed by atoms with Crippen LogP contribution in [0.4, 0.5) is 10.1 Å². The predicted molar refractivity (Wildman–Crippen MR) is 100.0 cm³/mol. The van der Waals surface area contributed by atoms with Gasteiger partial charge in [-0.15, -0.1) is 0 Å². The average molecular weight is 378 g/mol. The van der Waals surface area contributed by atoms with Crippen molar-refractivity contribution < 1.29 is 17.9 Å². The molecule has 0 aromatic heterocycles. The fraction of sp³-hybridized carbons (Fsp3) is 0.368. The summed E-state index contributed by atoms with van der Waals surface area (Å²) in [5.41, 5.74) is 1.90.